The Kier molecular flexibility index (Phi) is 7.63. The van der Waals surface area contributed by atoms with E-state index in [1.54, 1.807) is 20.1 Å². The monoisotopic (exact) mass is 453 g/mol. The van der Waals surface area contributed by atoms with Gasteiger partial charge in [-0.1, -0.05) is 25.1 Å². The predicted molar refractivity (Wildman–Crippen MR) is 127 cm³/mol. The second-order valence-electron chi connectivity index (χ2n) is 7.88. The second-order valence-corrected chi connectivity index (χ2v) is 7.88. The van der Waals surface area contributed by atoms with Gasteiger partial charge >= 0.3 is 0 Å². The zero-order valence-corrected chi connectivity index (χ0v) is 19.5. The van der Waals surface area contributed by atoms with Crippen LogP contribution >= 0.6 is 0 Å². The highest BCUT2D eigenvalue weighted by molar-refractivity contribution is 5.87. The first-order valence-electron chi connectivity index (χ1n) is 11.1. The van der Waals surface area contributed by atoms with E-state index in [-0.39, 0.29) is 24.2 Å². The average Bonchev–Trinajstić information content (AvgIpc) is 2.83. The van der Waals surface area contributed by atoms with Crippen molar-refractivity contribution in [3.63, 3.8) is 0 Å². The Morgan fingerprint density at radius 2 is 1.88 bits per heavy atom. The van der Waals surface area contributed by atoms with Crippen molar-refractivity contribution in [2.45, 2.75) is 46.0 Å². The molecule has 1 aromatic carbocycles. The lowest BCUT2D eigenvalue weighted by Crippen LogP contribution is -2.47. The van der Waals surface area contributed by atoms with Crippen LogP contribution in [0.25, 0.3) is 22.3 Å². The van der Waals surface area contributed by atoms with Gasteiger partial charge in [-0.2, -0.15) is 0 Å². The molecule has 2 aromatic heterocycles. The Morgan fingerprint density at radius 3 is 2.48 bits per heavy atom. The van der Waals surface area contributed by atoms with Gasteiger partial charge in [-0.25, -0.2) is 4.98 Å². The molecule has 8 heteroatoms. The number of nitrogens with one attached hydrogen (secondary N) is 1. The number of carbonyl (C=O) groups excluding carboxylic acids is 1. The van der Waals surface area contributed by atoms with E-state index in [1.807, 2.05) is 44.2 Å². The van der Waals surface area contributed by atoms with Crippen molar-refractivity contribution in [3.8, 4) is 11.4 Å². The normalized spacial score (nSPS) is 13.2. The van der Waals surface area contributed by atoms with Gasteiger partial charge in [-0.3, -0.25) is 9.59 Å². The zero-order chi connectivity index (χ0) is 24.2. The number of nitrogens with zero attached hydrogens (tertiary/aromatic N) is 2. The van der Waals surface area contributed by atoms with Crippen molar-refractivity contribution in [2.24, 2.45) is 0 Å². The number of H-pyrrole nitrogens is 1. The highest BCUT2D eigenvalue weighted by atomic mass is 16.5. The number of methoxy groups -OCH3 is 1. The molecule has 3 aromatic rings. The average molecular weight is 454 g/mol. The minimum absolute atomic E-state index is 0.0360. The number of fused-ring (bicyclic) bond motifs is 1. The summed E-state index contributed by atoms with van der Waals surface area (Å²) in [7, 11) is 1.57. The van der Waals surface area contributed by atoms with E-state index in [0.717, 1.165) is 16.5 Å². The van der Waals surface area contributed by atoms with Crippen LogP contribution in [-0.2, 0) is 28.3 Å². The van der Waals surface area contributed by atoms with Gasteiger partial charge in [0, 0.05) is 42.3 Å². The second kappa shape index (κ2) is 10.2. The lowest BCUT2D eigenvalue weighted by atomic mass is 9.86. The molecule has 33 heavy (non-hydrogen) atoms. The fraction of sp³-hybridized carbons (Fsp3) is 0.400. The van der Waals surface area contributed by atoms with E-state index in [9.17, 15) is 19.8 Å². The molecule has 0 spiro atoms. The molecule has 0 saturated heterocycles. The minimum atomic E-state index is -1.97. The molecule has 3 N–H and O–H groups in total. The van der Waals surface area contributed by atoms with E-state index < -0.39 is 23.7 Å². The van der Waals surface area contributed by atoms with Crippen LogP contribution in [0.1, 0.15) is 43.9 Å². The summed E-state index contributed by atoms with van der Waals surface area (Å²) in [5, 5.41) is 22.4. The summed E-state index contributed by atoms with van der Waals surface area (Å²) in [5.74, 6) is -0.509. The van der Waals surface area contributed by atoms with Gasteiger partial charge in [0.15, 0.2) is 5.60 Å². The van der Waals surface area contributed by atoms with Crippen molar-refractivity contribution in [1.29, 1.82) is 0 Å². The molecular formula is C25H31N3O5. The molecule has 1 atom stereocenters. The van der Waals surface area contributed by atoms with Gasteiger partial charge in [0.1, 0.15) is 0 Å². The summed E-state index contributed by atoms with van der Waals surface area (Å²) < 4.78 is 5.35. The van der Waals surface area contributed by atoms with Gasteiger partial charge in [0.25, 0.3) is 11.5 Å². The molecule has 8 nitrogen and oxygen atoms in total. The number of ether oxygens (including phenoxy) is 1. The Labute approximate surface area is 192 Å². The molecule has 176 valence electrons. The summed E-state index contributed by atoms with van der Waals surface area (Å²) in [6, 6.07) is 11.1. The third kappa shape index (κ3) is 4.55. The number of aromatic nitrogens is 2. The van der Waals surface area contributed by atoms with E-state index in [0.29, 0.717) is 24.5 Å². The topological polar surface area (TPSA) is 116 Å². The van der Waals surface area contributed by atoms with Gasteiger partial charge in [0.2, 0.25) is 0 Å². The quantitative estimate of drug-likeness (QED) is 0.459. The summed E-state index contributed by atoms with van der Waals surface area (Å²) in [5.41, 5.74) is -0.223. The smallest absolute Gasteiger partial charge is 0.259 e. The number of para-hydroxylation sites is 1. The number of hydrogen-bond acceptors (Lipinski definition) is 6. The SMILES string of the molecule is CCN(CC)C(=O)[C@](O)(CC)c1cc(-c2nc3ccccc3cc2COC)[nH]c(=O)c1CO. The lowest BCUT2D eigenvalue weighted by molar-refractivity contribution is -0.152. The number of hydrogen-bond donors (Lipinski definition) is 3. The first-order valence-corrected chi connectivity index (χ1v) is 11.1. The standard InChI is InChI=1S/C25H31N3O5/c1-5-25(32,24(31)28(6-2)7-3)19-13-21(27-23(30)18(19)14-29)22-17(15-33-4)12-16-10-8-9-11-20(16)26-22/h8-13,29,32H,5-7,14-15H2,1-4H3,(H,27,30)/t25-/m0/s1. The van der Waals surface area contributed by atoms with Crippen molar-refractivity contribution in [3.05, 3.63) is 63.4 Å². The molecule has 0 unspecified atom stereocenters. The van der Waals surface area contributed by atoms with Crippen LogP contribution in [0.2, 0.25) is 0 Å². The van der Waals surface area contributed by atoms with Gasteiger partial charge in [0.05, 0.1) is 30.1 Å². The maximum atomic E-state index is 13.3. The fourth-order valence-electron chi connectivity index (χ4n) is 4.13. The number of pyridine rings is 2. The van der Waals surface area contributed by atoms with Crippen LogP contribution in [0.3, 0.4) is 0 Å². The van der Waals surface area contributed by atoms with Crippen LogP contribution in [-0.4, -0.2) is 51.2 Å². The largest absolute Gasteiger partial charge is 0.391 e. The highest BCUT2D eigenvalue weighted by Gasteiger charge is 2.41. The molecule has 0 aliphatic heterocycles. The summed E-state index contributed by atoms with van der Waals surface area (Å²) in [6.45, 7) is 5.78. The Balaban J connectivity index is 2.30. The molecule has 0 radical (unpaired) electrons. The molecule has 1 amide bonds. The number of rotatable bonds is 9. The Morgan fingerprint density at radius 1 is 1.18 bits per heavy atom. The third-order valence-corrected chi connectivity index (χ3v) is 6.01. The zero-order valence-electron chi connectivity index (χ0n) is 19.5. The molecule has 0 fully saturated rings. The maximum absolute atomic E-state index is 13.3. The van der Waals surface area contributed by atoms with Crippen LogP contribution in [0, 0.1) is 0 Å². The molecular weight excluding hydrogens is 422 g/mol. The van der Waals surface area contributed by atoms with Gasteiger partial charge in [-0.15, -0.1) is 0 Å². The summed E-state index contributed by atoms with van der Waals surface area (Å²) in [6.07, 6.45) is 0.0360. The van der Waals surface area contributed by atoms with Crippen LogP contribution in [0.15, 0.2) is 41.2 Å². The first kappa shape index (κ1) is 24.6. The Bertz CT molecular complexity index is 1200. The maximum Gasteiger partial charge on any atom is 0.259 e. The van der Waals surface area contributed by atoms with Crippen LogP contribution < -0.4 is 5.56 Å². The summed E-state index contributed by atoms with van der Waals surface area (Å²) in [4.78, 5) is 35.3. The molecule has 0 bridgehead atoms. The van der Waals surface area contributed by atoms with Crippen LogP contribution in [0.4, 0.5) is 0 Å². The minimum Gasteiger partial charge on any atom is -0.391 e. The molecule has 3 rings (SSSR count). The number of likely N-dealkylation sites (N-methyl/N-ethyl adjacent to an activating group) is 1. The van der Waals surface area contributed by atoms with Crippen LogP contribution in [0.5, 0.6) is 0 Å². The highest BCUT2D eigenvalue weighted by Crippen LogP contribution is 2.33. The Hall–Kier alpha value is -3.07. The van der Waals surface area contributed by atoms with Gasteiger partial charge in [-0.05, 0) is 38.5 Å². The fourth-order valence-corrected chi connectivity index (χ4v) is 4.13. The number of benzene rings is 1. The van der Waals surface area contributed by atoms with Gasteiger partial charge < -0.3 is 24.8 Å². The lowest BCUT2D eigenvalue weighted by Gasteiger charge is -2.33. The van der Waals surface area contributed by atoms with Crippen molar-refractivity contribution in [1.82, 2.24) is 14.9 Å². The molecule has 2 heterocycles. The predicted octanol–water partition coefficient (Wildman–Crippen LogP) is 2.69. The van der Waals surface area contributed by atoms with E-state index in [2.05, 4.69) is 4.98 Å². The first-order chi connectivity index (χ1) is 15.8. The van der Waals surface area contributed by atoms with E-state index in [1.165, 1.54) is 4.90 Å². The molecule has 0 saturated carbocycles. The van der Waals surface area contributed by atoms with Crippen molar-refractivity contribution in [2.75, 3.05) is 20.2 Å². The molecule has 0 aliphatic carbocycles. The summed E-state index contributed by atoms with van der Waals surface area (Å²) >= 11 is 0. The number of aliphatic hydroxyl groups excluding tert-OH is 1. The number of amides is 1. The van der Waals surface area contributed by atoms with Crippen molar-refractivity contribution < 1.29 is 19.7 Å². The molecule has 0 aliphatic rings. The number of carbonyl (C=O) groups is 1. The third-order valence-electron chi connectivity index (χ3n) is 6.01. The number of aliphatic hydroxyl groups is 2. The van der Waals surface area contributed by atoms with E-state index in [4.69, 9.17) is 9.72 Å². The number of aromatic amines is 1. The van der Waals surface area contributed by atoms with E-state index >= 15 is 0 Å². The van der Waals surface area contributed by atoms with Crippen molar-refractivity contribution >= 4 is 16.8 Å².